The van der Waals surface area contributed by atoms with E-state index in [0.29, 0.717) is 0 Å². The zero-order valence-corrected chi connectivity index (χ0v) is 12.1. The molecule has 0 amide bonds. The molecule has 0 aliphatic carbocycles. The topological polar surface area (TPSA) is 15.3 Å². The van der Waals surface area contributed by atoms with Gasteiger partial charge in [-0.15, -0.1) is 17.9 Å². The van der Waals surface area contributed by atoms with Crippen molar-refractivity contribution >= 4 is 11.3 Å². The van der Waals surface area contributed by atoms with E-state index in [9.17, 15) is 0 Å². The summed E-state index contributed by atoms with van der Waals surface area (Å²) in [4.78, 5) is 5.32. The molecule has 1 heterocycles. The average molecular weight is 252 g/mol. The third-order valence-electron chi connectivity index (χ3n) is 2.74. The summed E-state index contributed by atoms with van der Waals surface area (Å²) in [6.45, 7) is 12.4. The Bertz CT molecular complexity index is 344. The van der Waals surface area contributed by atoms with E-state index in [1.165, 1.54) is 21.7 Å². The molecule has 0 bridgehead atoms. The second-order valence-corrected chi connectivity index (χ2v) is 5.69. The number of rotatable bonds is 8. The molecular weight excluding hydrogens is 228 g/mol. The fourth-order valence-electron chi connectivity index (χ4n) is 1.98. The molecule has 96 valence electrons. The highest BCUT2D eigenvalue weighted by Crippen LogP contribution is 2.23. The van der Waals surface area contributed by atoms with Crippen LogP contribution in [0.1, 0.15) is 28.7 Å². The Kier molecular flexibility index (Phi) is 6.48. The summed E-state index contributed by atoms with van der Waals surface area (Å²) in [5.74, 6) is 0. The van der Waals surface area contributed by atoms with Gasteiger partial charge in [-0.1, -0.05) is 13.0 Å². The molecule has 0 saturated heterocycles. The van der Waals surface area contributed by atoms with Gasteiger partial charge in [-0.05, 0) is 38.6 Å². The van der Waals surface area contributed by atoms with E-state index in [1.807, 2.05) is 24.5 Å². The third kappa shape index (κ3) is 4.62. The van der Waals surface area contributed by atoms with Gasteiger partial charge >= 0.3 is 0 Å². The van der Waals surface area contributed by atoms with E-state index in [-0.39, 0.29) is 0 Å². The summed E-state index contributed by atoms with van der Waals surface area (Å²) in [7, 11) is 2.00. The van der Waals surface area contributed by atoms with Crippen molar-refractivity contribution in [2.75, 3.05) is 20.1 Å². The average Bonchev–Trinajstić information content (AvgIpc) is 2.60. The fraction of sp³-hybridized carbons (Fsp3) is 0.571. The maximum absolute atomic E-state index is 3.83. The molecule has 0 radical (unpaired) electrons. The Labute approximate surface area is 109 Å². The highest BCUT2D eigenvalue weighted by Gasteiger charge is 2.09. The van der Waals surface area contributed by atoms with Crippen molar-refractivity contribution in [1.29, 1.82) is 0 Å². The smallest absolute Gasteiger partial charge is 0.0296 e. The minimum absolute atomic E-state index is 0.973. The Morgan fingerprint density at radius 2 is 2.29 bits per heavy atom. The van der Waals surface area contributed by atoms with E-state index in [4.69, 9.17) is 0 Å². The lowest BCUT2D eigenvalue weighted by Crippen LogP contribution is -2.24. The molecule has 0 atom stereocenters. The Morgan fingerprint density at radius 3 is 2.88 bits per heavy atom. The van der Waals surface area contributed by atoms with Crippen molar-refractivity contribution in [2.45, 2.75) is 33.4 Å². The van der Waals surface area contributed by atoms with Crippen molar-refractivity contribution in [3.05, 3.63) is 34.0 Å². The largest absolute Gasteiger partial charge is 0.315 e. The van der Waals surface area contributed by atoms with Crippen molar-refractivity contribution in [3.8, 4) is 0 Å². The summed E-state index contributed by atoms with van der Waals surface area (Å²) < 4.78 is 0. The zero-order valence-electron chi connectivity index (χ0n) is 11.3. The number of aryl methyl sites for hydroxylation is 1. The molecular formula is C14H24N2S. The van der Waals surface area contributed by atoms with Gasteiger partial charge in [0.05, 0.1) is 0 Å². The van der Waals surface area contributed by atoms with E-state index in [2.05, 4.69) is 36.7 Å². The molecule has 0 spiro atoms. The molecule has 3 heteroatoms. The first-order valence-corrected chi connectivity index (χ1v) is 7.09. The molecule has 0 unspecified atom stereocenters. The van der Waals surface area contributed by atoms with Gasteiger partial charge in [-0.25, -0.2) is 0 Å². The predicted octanol–water partition coefficient (Wildman–Crippen LogP) is 3.17. The van der Waals surface area contributed by atoms with Crippen LogP contribution in [0.4, 0.5) is 0 Å². The Balaban J connectivity index is 2.67. The van der Waals surface area contributed by atoms with Crippen LogP contribution in [0.2, 0.25) is 0 Å². The van der Waals surface area contributed by atoms with Gasteiger partial charge in [0.2, 0.25) is 0 Å². The molecule has 0 aliphatic heterocycles. The van der Waals surface area contributed by atoms with Crippen molar-refractivity contribution in [2.24, 2.45) is 0 Å². The lowest BCUT2D eigenvalue weighted by molar-refractivity contribution is 0.295. The summed E-state index contributed by atoms with van der Waals surface area (Å²) in [5, 5.41) is 3.21. The molecule has 2 nitrogen and oxygen atoms in total. The molecule has 1 rings (SSSR count). The van der Waals surface area contributed by atoms with Crippen LogP contribution in [-0.2, 0) is 13.1 Å². The van der Waals surface area contributed by atoms with Gasteiger partial charge < -0.3 is 5.32 Å². The Morgan fingerprint density at radius 1 is 1.53 bits per heavy atom. The predicted molar refractivity (Wildman–Crippen MR) is 77.6 cm³/mol. The minimum Gasteiger partial charge on any atom is -0.315 e. The normalized spacial score (nSPS) is 11.1. The number of nitrogens with zero attached hydrogens (tertiary/aromatic N) is 1. The van der Waals surface area contributed by atoms with Gasteiger partial charge in [0.25, 0.3) is 0 Å². The summed E-state index contributed by atoms with van der Waals surface area (Å²) in [6, 6.07) is 2.34. The highest BCUT2D eigenvalue weighted by molar-refractivity contribution is 7.12. The first kappa shape index (κ1) is 14.4. The van der Waals surface area contributed by atoms with Gasteiger partial charge in [-0.3, -0.25) is 4.90 Å². The number of hydrogen-bond acceptors (Lipinski definition) is 3. The zero-order chi connectivity index (χ0) is 12.7. The molecule has 1 aromatic rings. The first-order valence-electron chi connectivity index (χ1n) is 6.27. The molecule has 17 heavy (non-hydrogen) atoms. The van der Waals surface area contributed by atoms with Gasteiger partial charge in [0.1, 0.15) is 0 Å². The summed E-state index contributed by atoms with van der Waals surface area (Å²) in [6.07, 6.45) is 3.19. The SMILES string of the molecule is C=CCN(CCC)Cc1cc(CNC)sc1C. The maximum Gasteiger partial charge on any atom is 0.0296 e. The van der Waals surface area contributed by atoms with Crippen molar-refractivity contribution in [3.63, 3.8) is 0 Å². The number of thiophene rings is 1. The highest BCUT2D eigenvalue weighted by atomic mass is 32.1. The summed E-state index contributed by atoms with van der Waals surface area (Å²) >= 11 is 1.90. The van der Waals surface area contributed by atoms with Crippen LogP contribution in [0.25, 0.3) is 0 Å². The molecule has 0 saturated carbocycles. The van der Waals surface area contributed by atoms with Crippen LogP contribution in [0.5, 0.6) is 0 Å². The van der Waals surface area contributed by atoms with Crippen LogP contribution in [-0.4, -0.2) is 25.0 Å². The molecule has 0 aliphatic rings. The molecule has 1 N–H and O–H groups in total. The standard InChI is InChI=1S/C14H24N2S/c1-5-7-16(8-6-2)11-13-9-14(10-15-4)17-12(13)3/h5,9,15H,1,6-8,10-11H2,2-4H3. The number of hydrogen-bond donors (Lipinski definition) is 1. The van der Waals surface area contributed by atoms with E-state index < -0.39 is 0 Å². The van der Waals surface area contributed by atoms with E-state index in [1.54, 1.807) is 0 Å². The quantitative estimate of drug-likeness (QED) is 0.715. The van der Waals surface area contributed by atoms with Gasteiger partial charge in [0.15, 0.2) is 0 Å². The van der Waals surface area contributed by atoms with Crippen molar-refractivity contribution in [1.82, 2.24) is 10.2 Å². The minimum atomic E-state index is 0.973. The molecule has 0 aromatic carbocycles. The van der Waals surface area contributed by atoms with E-state index >= 15 is 0 Å². The summed E-state index contributed by atoms with van der Waals surface area (Å²) in [5.41, 5.74) is 1.47. The Hall–Kier alpha value is -0.640. The van der Waals surface area contributed by atoms with Crippen molar-refractivity contribution < 1.29 is 0 Å². The van der Waals surface area contributed by atoms with Crippen LogP contribution < -0.4 is 5.32 Å². The van der Waals surface area contributed by atoms with Gasteiger partial charge in [0, 0.05) is 29.4 Å². The van der Waals surface area contributed by atoms with E-state index in [0.717, 1.165) is 26.2 Å². The van der Waals surface area contributed by atoms with Gasteiger partial charge in [-0.2, -0.15) is 0 Å². The second-order valence-electron chi connectivity index (χ2n) is 4.35. The fourth-order valence-corrected chi connectivity index (χ4v) is 3.05. The number of nitrogens with one attached hydrogen (secondary N) is 1. The monoisotopic (exact) mass is 252 g/mol. The third-order valence-corrected chi connectivity index (χ3v) is 3.84. The van der Waals surface area contributed by atoms with Crippen LogP contribution in [0, 0.1) is 6.92 Å². The first-order chi connectivity index (χ1) is 8.21. The van der Waals surface area contributed by atoms with Crippen LogP contribution in [0.15, 0.2) is 18.7 Å². The van der Waals surface area contributed by atoms with Crippen LogP contribution >= 0.6 is 11.3 Å². The van der Waals surface area contributed by atoms with Crippen LogP contribution in [0.3, 0.4) is 0 Å². The molecule has 1 aromatic heterocycles. The lowest BCUT2D eigenvalue weighted by atomic mass is 10.2. The second kappa shape index (κ2) is 7.64. The lowest BCUT2D eigenvalue weighted by Gasteiger charge is -2.19. The molecule has 0 fully saturated rings. The maximum atomic E-state index is 3.83.